The van der Waals surface area contributed by atoms with Crippen LogP contribution in [0.25, 0.3) is 21.9 Å². The van der Waals surface area contributed by atoms with E-state index in [0.717, 1.165) is 27.0 Å². The number of hydrogen-bond acceptors (Lipinski definition) is 3. The van der Waals surface area contributed by atoms with E-state index in [1.54, 1.807) is 11.3 Å². The molecule has 0 fully saturated rings. The number of halogens is 1. The molecule has 0 N–H and O–H groups in total. The van der Waals surface area contributed by atoms with Crippen LogP contribution in [0, 0.1) is 0 Å². The van der Waals surface area contributed by atoms with Crippen molar-refractivity contribution in [1.29, 1.82) is 0 Å². The van der Waals surface area contributed by atoms with Gasteiger partial charge in [0.25, 0.3) is 0 Å². The van der Waals surface area contributed by atoms with Gasteiger partial charge in [-0.1, -0.05) is 17.7 Å². The molecule has 0 bridgehead atoms. The van der Waals surface area contributed by atoms with Crippen molar-refractivity contribution in [2.75, 3.05) is 0 Å². The highest BCUT2D eigenvalue weighted by Gasteiger charge is 2.16. The van der Waals surface area contributed by atoms with Crippen LogP contribution < -0.4 is 9.75 Å². The maximum Gasteiger partial charge on any atom is 0.191 e. The van der Waals surface area contributed by atoms with E-state index in [9.17, 15) is 0 Å². The molecule has 0 unspecified atom stereocenters. The van der Waals surface area contributed by atoms with Gasteiger partial charge in [0.1, 0.15) is 5.76 Å². The Morgan fingerprint density at radius 1 is 1.30 bits per heavy atom. The van der Waals surface area contributed by atoms with Gasteiger partial charge in [-0.25, -0.2) is 4.99 Å². The summed E-state index contributed by atoms with van der Waals surface area (Å²) in [5.41, 5.74) is 0.991. The summed E-state index contributed by atoms with van der Waals surface area (Å²) >= 11 is 7.90. The van der Waals surface area contributed by atoms with Gasteiger partial charge in [-0.3, -0.25) is 0 Å². The Morgan fingerprint density at radius 2 is 2.20 bits per heavy atom. The minimum absolute atomic E-state index is 0.659. The number of thiophene rings is 1. The molecule has 0 saturated carbocycles. The predicted molar refractivity (Wildman–Crippen MR) is 85.4 cm³/mol. The Balaban J connectivity index is 2.23. The van der Waals surface area contributed by atoms with Crippen molar-refractivity contribution in [3.05, 3.63) is 56.9 Å². The average molecular weight is 300 g/mol. The van der Waals surface area contributed by atoms with Gasteiger partial charge < -0.3 is 4.74 Å². The number of aliphatic imine (C=N–C) groups is 1. The Bertz CT molecular complexity index is 947. The third kappa shape index (κ3) is 1.74. The first-order valence-corrected chi connectivity index (χ1v) is 7.45. The van der Waals surface area contributed by atoms with Gasteiger partial charge in [0, 0.05) is 43.6 Å². The maximum absolute atomic E-state index is 6.15. The highest BCUT2D eigenvalue weighted by Crippen LogP contribution is 2.24. The fourth-order valence-corrected chi connectivity index (χ4v) is 3.71. The second-order valence-corrected chi connectivity index (χ2v) is 6.19. The zero-order valence-corrected chi connectivity index (χ0v) is 12.3. The first kappa shape index (κ1) is 11.9. The molecule has 2 aromatic rings. The van der Waals surface area contributed by atoms with Crippen molar-refractivity contribution in [1.82, 2.24) is 0 Å². The number of rotatable bonds is 0. The predicted octanol–water partition coefficient (Wildman–Crippen LogP) is 3.35. The van der Waals surface area contributed by atoms with Crippen LogP contribution in [0.5, 0.6) is 0 Å². The number of allylic oxidation sites excluding steroid dienone is 1. The van der Waals surface area contributed by atoms with Gasteiger partial charge in [-0.2, -0.15) is 0 Å². The molecule has 1 aliphatic heterocycles. The lowest BCUT2D eigenvalue weighted by atomic mass is 10.1. The summed E-state index contributed by atoms with van der Waals surface area (Å²) in [6, 6.07) is 5.98. The SMILES string of the molecule is CC1=NC=C2C=CC=c3sc4ccc(Cl)cc4c3=C2O1. The maximum atomic E-state index is 6.15. The summed E-state index contributed by atoms with van der Waals surface area (Å²) in [5, 5.41) is 2.98. The van der Waals surface area contributed by atoms with E-state index in [2.05, 4.69) is 17.1 Å². The lowest BCUT2D eigenvalue weighted by Gasteiger charge is -2.13. The topological polar surface area (TPSA) is 21.6 Å². The third-order valence-corrected chi connectivity index (χ3v) is 4.70. The summed E-state index contributed by atoms with van der Waals surface area (Å²) in [5.74, 6) is 1.53. The number of ether oxygens (including phenoxy) is 1. The monoisotopic (exact) mass is 299 g/mol. The Kier molecular flexibility index (Phi) is 2.59. The molecule has 1 aliphatic carbocycles. The largest absolute Gasteiger partial charge is 0.442 e. The second kappa shape index (κ2) is 4.33. The number of hydrogen-bond donors (Lipinski definition) is 0. The van der Waals surface area contributed by atoms with Gasteiger partial charge in [0.05, 0.1) is 0 Å². The van der Waals surface area contributed by atoms with Gasteiger partial charge in [0.15, 0.2) is 5.90 Å². The Labute approximate surface area is 124 Å². The fourth-order valence-electron chi connectivity index (χ4n) is 2.45. The zero-order chi connectivity index (χ0) is 13.7. The molecule has 2 aliphatic rings. The van der Waals surface area contributed by atoms with Crippen LogP contribution >= 0.6 is 22.9 Å². The molecule has 2 nitrogen and oxygen atoms in total. The van der Waals surface area contributed by atoms with E-state index in [4.69, 9.17) is 16.3 Å². The highest BCUT2D eigenvalue weighted by atomic mass is 35.5. The lowest BCUT2D eigenvalue weighted by Crippen LogP contribution is -2.24. The van der Waals surface area contributed by atoms with Crippen molar-refractivity contribution in [3.63, 3.8) is 0 Å². The molecule has 98 valence electrons. The molecule has 0 saturated heterocycles. The summed E-state index contributed by atoms with van der Waals surface area (Å²) in [6.07, 6.45) is 8.02. The van der Waals surface area contributed by atoms with E-state index < -0.39 is 0 Å². The first-order valence-electron chi connectivity index (χ1n) is 6.26. The Morgan fingerprint density at radius 3 is 3.10 bits per heavy atom. The molecule has 0 atom stereocenters. The van der Waals surface area contributed by atoms with Crippen molar-refractivity contribution in [2.24, 2.45) is 4.99 Å². The summed E-state index contributed by atoms with van der Waals surface area (Å²) in [6.45, 7) is 1.86. The quantitative estimate of drug-likeness (QED) is 0.731. The number of fused-ring (bicyclic) bond motifs is 4. The minimum atomic E-state index is 0.659. The van der Waals surface area contributed by atoms with Gasteiger partial charge in [-0.15, -0.1) is 11.3 Å². The first-order chi connectivity index (χ1) is 9.72. The van der Waals surface area contributed by atoms with E-state index in [1.165, 1.54) is 9.23 Å². The molecule has 1 aromatic carbocycles. The van der Waals surface area contributed by atoms with E-state index in [1.807, 2.05) is 37.4 Å². The minimum Gasteiger partial charge on any atom is -0.442 e. The fraction of sp³-hybridized carbons (Fsp3) is 0.0625. The number of nitrogens with zero attached hydrogens (tertiary/aromatic N) is 1. The molecular weight excluding hydrogens is 290 g/mol. The van der Waals surface area contributed by atoms with Crippen LogP contribution in [0.3, 0.4) is 0 Å². The summed E-state index contributed by atoms with van der Waals surface area (Å²) in [7, 11) is 0. The van der Waals surface area contributed by atoms with Crippen LogP contribution in [-0.2, 0) is 4.74 Å². The van der Waals surface area contributed by atoms with Crippen molar-refractivity contribution in [3.8, 4) is 0 Å². The molecule has 4 heteroatoms. The average Bonchev–Trinajstić information content (AvgIpc) is 2.68. The van der Waals surface area contributed by atoms with E-state index in [-0.39, 0.29) is 0 Å². The molecular formula is C16H10ClNOS. The molecule has 0 spiro atoms. The van der Waals surface area contributed by atoms with Crippen molar-refractivity contribution < 1.29 is 4.74 Å². The van der Waals surface area contributed by atoms with Crippen LogP contribution in [0.2, 0.25) is 5.02 Å². The van der Waals surface area contributed by atoms with Crippen LogP contribution in [-0.4, -0.2) is 5.90 Å². The third-order valence-electron chi connectivity index (χ3n) is 3.33. The molecule has 20 heavy (non-hydrogen) atoms. The van der Waals surface area contributed by atoms with E-state index in [0.29, 0.717) is 5.90 Å². The number of benzene rings is 1. The van der Waals surface area contributed by atoms with Crippen LogP contribution in [0.15, 0.2) is 47.1 Å². The van der Waals surface area contributed by atoms with Crippen molar-refractivity contribution >= 4 is 50.8 Å². The molecule has 1 aromatic heterocycles. The van der Waals surface area contributed by atoms with E-state index >= 15 is 0 Å². The normalized spacial score (nSPS) is 16.6. The van der Waals surface area contributed by atoms with Gasteiger partial charge in [0.2, 0.25) is 0 Å². The molecule has 0 radical (unpaired) electrons. The highest BCUT2D eigenvalue weighted by molar-refractivity contribution is 7.17. The van der Waals surface area contributed by atoms with Crippen molar-refractivity contribution in [2.45, 2.75) is 6.92 Å². The van der Waals surface area contributed by atoms with Gasteiger partial charge in [-0.05, 0) is 30.4 Å². The lowest BCUT2D eigenvalue weighted by molar-refractivity contribution is 0.494. The van der Waals surface area contributed by atoms with Gasteiger partial charge >= 0.3 is 0 Å². The summed E-state index contributed by atoms with van der Waals surface area (Å²) < 4.78 is 8.29. The summed E-state index contributed by atoms with van der Waals surface area (Å²) in [4.78, 5) is 4.23. The second-order valence-electron chi connectivity index (χ2n) is 4.67. The zero-order valence-electron chi connectivity index (χ0n) is 10.7. The van der Waals surface area contributed by atoms with Crippen LogP contribution in [0.4, 0.5) is 0 Å². The standard InChI is InChI=1S/C16H10ClNOS/c1-9-18-8-10-3-2-4-14-15(16(10)19-9)12-7-11(17)5-6-13(12)20-14/h2-8H,1H3. The smallest absolute Gasteiger partial charge is 0.191 e. The Hall–Kier alpha value is -1.84. The molecule has 2 heterocycles. The molecule has 4 rings (SSSR count). The van der Waals surface area contributed by atoms with Crippen LogP contribution in [0.1, 0.15) is 6.92 Å². The molecule has 0 amide bonds.